The minimum Gasteiger partial charge on any atom is -0.481 e. The van der Waals surface area contributed by atoms with Gasteiger partial charge in [-0.25, -0.2) is 0 Å². The van der Waals surface area contributed by atoms with Gasteiger partial charge in [-0.15, -0.1) is 0 Å². The molecule has 1 aliphatic rings. The Hall–Kier alpha value is -1.95. The number of carboxylic acids is 1. The Morgan fingerprint density at radius 1 is 1.41 bits per heavy atom. The quantitative estimate of drug-likeness (QED) is 0.828. The molecule has 0 aromatic carbocycles. The number of aliphatic carboxylic acids is 1. The fourth-order valence-corrected chi connectivity index (χ4v) is 2.73. The molecule has 0 unspecified atom stereocenters. The highest BCUT2D eigenvalue weighted by Gasteiger charge is 2.20. The third kappa shape index (κ3) is 4.80. The maximum absolute atomic E-state index is 12.1. The van der Waals surface area contributed by atoms with Crippen LogP contribution in [0.4, 0.5) is 0 Å². The van der Waals surface area contributed by atoms with E-state index in [0.29, 0.717) is 24.6 Å². The molecule has 0 aliphatic carbocycles. The molecule has 120 valence electrons. The molecular weight excluding hydrogens is 282 g/mol. The van der Waals surface area contributed by atoms with Crippen molar-refractivity contribution in [2.24, 2.45) is 5.92 Å². The lowest BCUT2D eigenvalue weighted by Gasteiger charge is -2.31. The zero-order chi connectivity index (χ0) is 15.9. The molecule has 1 saturated heterocycles. The Balaban J connectivity index is 1.72. The maximum atomic E-state index is 12.1. The van der Waals surface area contributed by atoms with Gasteiger partial charge in [0.15, 0.2) is 0 Å². The lowest BCUT2D eigenvalue weighted by Crippen LogP contribution is -2.39. The number of hydrogen-bond acceptors (Lipinski definition) is 4. The van der Waals surface area contributed by atoms with Crippen molar-refractivity contribution < 1.29 is 14.7 Å². The molecule has 6 heteroatoms. The van der Waals surface area contributed by atoms with Crippen LogP contribution in [0.1, 0.15) is 35.2 Å². The molecule has 2 heterocycles. The fourth-order valence-electron chi connectivity index (χ4n) is 2.73. The molecule has 1 aromatic rings. The van der Waals surface area contributed by atoms with Gasteiger partial charge in [0, 0.05) is 31.0 Å². The third-order valence-corrected chi connectivity index (χ3v) is 4.17. The summed E-state index contributed by atoms with van der Waals surface area (Å²) in [4.78, 5) is 28.9. The van der Waals surface area contributed by atoms with Crippen LogP contribution in [-0.2, 0) is 4.79 Å². The van der Waals surface area contributed by atoms with E-state index in [1.54, 1.807) is 18.5 Å². The maximum Gasteiger partial charge on any atom is 0.304 e. The zero-order valence-corrected chi connectivity index (χ0v) is 12.9. The summed E-state index contributed by atoms with van der Waals surface area (Å²) in [6.45, 7) is 4.98. The van der Waals surface area contributed by atoms with Crippen molar-refractivity contribution >= 4 is 11.9 Å². The number of piperidine rings is 1. The molecule has 6 nitrogen and oxygen atoms in total. The summed E-state index contributed by atoms with van der Waals surface area (Å²) < 4.78 is 0. The number of carbonyl (C=O) groups is 2. The third-order valence-electron chi connectivity index (χ3n) is 4.17. The standard InChI is InChI=1S/C16H23N3O3/c1-12-10-17-6-2-14(12)16(22)18-11-13-3-7-19(8-4-13)9-5-15(20)21/h2,6,10,13H,3-5,7-9,11H2,1H3,(H,18,22)(H,20,21). The lowest BCUT2D eigenvalue weighted by atomic mass is 9.96. The smallest absolute Gasteiger partial charge is 0.304 e. The van der Waals surface area contributed by atoms with Crippen molar-refractivity contribution in [3.8, 4) is 0 Å². The molecular formula is C16H23N3O3. The van der Waals surface area contributed by atoms with Crippen molar-refractivity contribution in [3.63, 3.8) is 0 Å². The van der Waals surface area contributed by atoms with Gasteiger partial charge < -0.3 is 15.3 Å². The second-order valence-corrected chi connectivity index (χ2v) is 5.83. The molecule has 1 fully saturated rings. The number of amides is 1. The van der Waals surface area contributed by atoms with Crippen LogP contribution in [0.5, 0.6) is 0 Å². The number of aryl methyl sites for hydroxylation is 1. The molecule has 1 aliphatic heterocycles. The van der Waals surface area contributed by atoms with E-state index < -0.39 is 5.97 Å². The van der Waals surface area contributed by atoms with Crippen molar-refractivity contribution in [1.29, 1.82) is 0 Å². The Labute approximate surface area is 130 Å². The second-order valence-electron chi connectivity index (χ2n) is 5.83. The minimum atomic E-state index is -0.748. The van der Waals surface area contributed by atoms with E-state index in [-0.39, 0.29) is 12.3 Å². The summed E-state index contributed by atoms with van der Waals surface area (Å²) >= 11 is 0. The van der Waals surface area contributed by atoms with Crippen LogP contribution in [0.25, 0.3) is 0 Å². The van der Waals surface area contributed by atoms with Gasteiger partial charge in [0.25, 0.3) is 5.91 Å². The van der Waals surface area contributed by atoms with Gasteiger partial charge in [-0.2, -0.15) is 0 Å². The number of hydrogen-bond donors (Lipinski definition) is 2. The average Bonchev–Trinajstić information content (AvgIpc) is 2.52. The second kappa shape index (κ2) is 7.89. The summed E-state index contributed by atoms with van der Waals surface area (Å²) in [5, 5.41) is 11.7. The van der Waals surface area contributed by atoms with E-state index in [2.05, 4.69) is 15.2 Å². The normalized spacial score (nSPS) is 16.4. The molecule has 0 saturated carbocycles. The van der Waals surface area contributed by atoms with Crippen LogP contribution in [-0.4, -0.2) is 53.0 Å². The first-order valence-electron chi connectivity index (χ1n) is 7.69. The topological polar surface area (TPSA) is 82.5 Å². The fraction of sp³-hybridized carbons (Fsp3) is 0.562. The molecule has 1 amide bonds. The Kier molecular flexibility index (Phi) is 5.89. The predicted octanol–water partition coefficient (Wildman–Crippen LogP) is 1.31. The van der Waals surface area contributed by atoms with Gasteiger partial charge >= 0.3 is 5.97 Å². The van der Waals surface area contributed by atoms with Gasteiger partial charge in [0.2, 0.25) is 0 Å². The molecule has 2 rings (SSSR count). The van der Waals surface area contributed by atoms with Gasteiger partial charge in [-0.1, -0.05) is 0 Å². The summed E-state index contributed by atoms with van der Waals surface area (Å²) in [6.07, 6.45) is 5.51. The minimum absolute atomic E-state index is 0.0480. The van der Waals surface area contributed by atoms with Crippen LogP contribution in [0, 0.1) is 12.8 Å². The van der Waals surface area contributed by atoms with E-state index in [9.17, 15) is 9.59 Å². The van der Waals surface area contributed by atoms with Crippen LogP contribution >= 0.6 is 0 Å². The molecule has 0 spiro atoms. The number of nitrogens with one attached hydrogen (secondary N) is 1. The Bertz CT molecular complexity index is 525. The Morgan fingerprint density at radius 3 is 2.77 bits per heavy atom. The number of carboxylic acid groups (broad SMARTS) is 1. The molecule has 22 heavy (non-hydrogen) atoms. The lowest BCUT2D eigenvalue weighted by molar-refractivity contribution is -0.137. The summed E-state index contributed by atoms with van der Waals surface area (Å²) in [6, 6.07) is 1.74. The van der Waals surface area contributed by atoms with Crippen LogP contribution in [0.15, 0.2) is 18.5 Å². The summed E-state index contributed by atoms with van der Waals surface area (Å²) in [5.41, 5.74) is 1.55. The van der Waals surface area contributed by atoms with E-state index in [0.717, 1.165) is 31.5 Å². The highest BCUT2D eigenvalue weighted by Crippen LogP contribution is 2.16. The van der Waals surface area contributed by atoms with Crippen LogP contribution in [0.2, 0.25) is 0 Å². The highest BCUT2D eigenvalue weighted by molar-refractivity contribution is 5.95. The van der Waals surface area contributed by atoms with E-state index in [1.165, 1.54) is 0 Å². The van der Waals surface area contributed by atoms with Gasteiger partial charge in [0.05, 0.1) is 6.42 Å². The van der Waals surface area contributed by atoms with Gasteiger partial charge in [-0.3, -0.25) is 14.6 Å². The van der Waals surface area contributed by atoms with E-state index >= 15 is 0 Å². The van der Waals surface area contributed by atoms with Crippen LogP contribution < -0.4 is 5.32 Å². The first kappa shape index (κ1) is 16.4. The Morgan fingerprint density at radius 2 is 2.14 bits per heavy atom. The van der Waals surface area contributed by atoms with Crippen molar-refractivity contribution in [1.82, 2.24) is 15.2 Å². The number of nitrogens with zero attached hydrogens (tertiary/aromatic N) is 2. The number of likely N-dealkylation sites (tertiary alicyclic amines) is 1. The molecule has 1 aromatic heterocycles. The SMILES string of the molecule is Cc1cnccc1C(=O)NCC1CCN(CCC(=O)O)CC1. The van der Waals surface area contributed by atoms with Gasteiger partial charge in [0.1, 0.15) is 0 Å². The molecule has 0 atom stereocenters. The average molecular weight is 305 g/mol. The number of rotatable bonds is 6. The molecule has 0 radical (unpaired) electrons. The zero-order valence-electron chi connectivity index (χ0n) is 12.9. The van der Waals surface area contributed by atoms with Gasteiger partial charge in [-0.05, 0) is 50.4 Å². The first-order valence-corrected chi connectivity index (χ1v) is 7.69. The monoisotopic (exact) mass is 305 g/mol. The number of carbonyl (C=O) groups excluding carboxylic acids is 1. The summed E-state index contributed by atoms with van der Waals surface area (Å²) in [7, 11) is 0. The first-order chi connectivity index (χ1) is 10.6. The predicted molar refractivity (Wildman–Crippen MR) is 82.7 cm³/mol. The van der Waals surface area contributed by atoms with E-state index in [4.69, 9.17) is 5.11 Å². The van der Waals surface area contributed by atoms with Crippen molar-refractivity contribution in [3.05, 3.63) is 29.6 Å². The summed E-state index contributed by atoms with van der Waals surface area (Å²) in [5.74, 6) is -0.331. The number of aromatic nitrogens is 1. The van der Waals surface area contributed by atoms with Crippen molar-refractivity contribution in [2.75, 3.05) is 26.2 Å². The number of pyridine rings is 1. The molecule has 0 bridgehead atoms. The highest BCUT2D eigenvalue weighted by atomic mass is 16.4. The van der Waals surface area contributed by atoms with E-state index in [1.807, 2.05) is 6.92 Å². The van der Waals surface area contributed by atoms with Crippen LogP contribution in [0.3, 0.4) is 0 Å². The largest absolute Gasteiger partial charge is 0.481 e. The van der Waals surface area contributed by atoms with Crippen molar-refractivity contribution in [2.45, 2.75) is 26.2 Å². The molecule has 2 N–H and O–H groups in total.